The van der Waals surface area contributed by atoms with Crippen molar-refractivity contribution in [3.63, 3.8) is 0 Å². The first-order valence-electron chi connectivity index (χ1n) is 7.22. The number of hydrogen-bond acceptors (Lipinski definition) is 3. The van der Waals surface area contributed by atoms with Gasteiger partial charge in [-0.25, -0.2) is 0 Å². The lowest BCUT2D eigenvalue weighted by molar-refractivity contribution is -0.145. The van der Waals surface area contributed by atoms with E-state index in [4.69, 9.17) is 0 Å². The maximum absolute atomic E-state index is 11.4. The van der Waals surface area contributed by atoms with Crippen LogP contribution in [0.4, 0.5) is 0 Å². The maximum Gasteiger partial charge on any atom is 0.324 e. The van der Waals surface area contributed by atoms with Gasteiger partial charge in [-0.1, -0.05) is 20.3 Å². The van der Waals surface area contributed by atoms with Gasteiger partial charge in [-0.2, -0.15) is 0 Å². The number of carboxylic acid groups (broad SMARTS) is 1. The maximum atomic E-state index is 11.4. The first-order chi connectivity index (χ1) is 8.51. The van der Waals surface area contributed by atoms with Gasteiger partial charge in [0.05, 0.1) is 0 Å². The molecule has 2 atom stereocenters. The van der Waals surface area contributed by atoms with Crippen LogP contribution in [0.1, 0.15) is 46.5 Å². The SMILES string of the molecule is CCNC(C)(CN1CCCC(CC)CC1)C(=O)O. The Bertz CT molecular complexity index is 271. The molecule has 0 spiro atoms. The minimum Gasteiger partial charge on any atom is -0.480 e. The van der Waals surface area contributed by atoms with Crippen LogP contribution in [-0.4, -0.2) is 47.7 Å². The molecule has 0 amide bonds. The minimum atomic E-state index is -0.819. The molecule has 4 nitrogen and oxygen atoms in total. The van der Waals surface area contributed by atoms with Crippen molar-refractivity contribution >= 4 is 5.97 Å². The lowest BCUT2D eigenvalue weighted by Gasteiger charge is -2.32. The van der Waals surface area contributed by atoms with Crippen LogP contribution in [0.25, 0.3) is 0 Å². The van der Waals surface area contributed by atoms with Gasteiger partial charge in [0.15, 0.2) is 0 Å². The Morgan fingerprint density at radius 2 is 2.11 bits per heavy atom. The lowest BCUT2D eigenvalue weighted by atomic mass is 9.98. The summed E-state index contributed by atoms with van der Waals surface area (Å²) in [7, 11) is 0. The van der Waals surface area contributed by atoms with E-state index in [0.29, 0.717) is 13.1 Å². The number of hydrogen-bond donors (Lipinski definition) is 2. The topological polar surface area (TPSA) is 52.6 Å². The Labute approximate surface area is 111 Å². The van der Waals surface area contributed by atoms with Crippen molar-refractivity contribution in [2.75, 3.05) is 26.2 Å². The second-order valence-corrected chi connectivity index (χ2v) is 5.65. The summed E-state index contributed by atoms with van der Waals surface area (Å²) >= 11 is 0. The largest absolute Gasteiger partial charge is 0.480 e. The van der Waals surface area contributed by atoms with E-state index in [-0.39, 0.29) is 0 Å². The number of likely N-dealkylation sites (N-methyl/N-ethyl adjacent to an activating group) is 1. The summed E-state index contributed by atoms with van der Waals surface area (Å²) < 4.78 is 0. The number of likely N-dealkylation sites (tertiary alicyclic amines) is 1. The highest BCUT2D eigenvalue weighted by Crippen LogP contribution is 2.21. The van der Waals surface area contributed by atoms with Crippen molar-refractivity contribution in [3.05, 3.63) is 0 Å². The third kappa shape index (κ3) is 4.25. The van der Waals surface area contributed by atoms with Crippen molar-refractivity contribution in [1.29, 1.82) is 0 Å². The zero-order valence-electron chi connectivity index (χ0n) is 12.0. The average Bonchev–Trinajstić information content (AvgIpc) is 2.54. The summed E-state index contributed by atoms with van der Waals surface area (Å²) in [4.78, 5) is 13.7. The summed E-state index contributed by atoms with van der Waals surface area (Å²) in [5.74, 6) is 0.0749. The summed E-state index contributed by atoms with van der Waals surface area (Å²) in [5.41, 5.74) is -0.819. The summed E-state index contributed by atoms with van der Waals surface area (Å²) in [5, 5.41) is 12.5. The lowest BCUT2D eigenvalue weighted by Crippen LogP contribution is -2.57. The van der Waals surface area contributed by atoms with Crippen LogP contribution in [0.15, 0.2) is 0 Å². The van der Waals surface area contributed by atoms with Crippen LogP contribution in [0.5, 0.6) is 0 Å². The third-order valence-electron chi connectivity index (χ3n) is 4.10. The van der Waals surface area contributed by atoms with Gasteiger partial charge in [-0.05, 0) is 51.7 Å². The Balaban J connectivity index is 2.56. The number of nitrogens with one attached hydrogen (secondary N) is 1. The molecule has 1 saturated heterocycles. The van der Waals surface area contributed by atoms with Crippen molar-refractivity contribution in [1.82, 2.24) is 10.2 Å². The van der Waals surface area contributed by atoms with Crippen LogP contribution in [0.3, 0.4) is 0 Å². The molecule has 0 radical (unpaired) electrons. The van der Waals surface area contributed by atoms with E-state index >= 15 is 0 Å². The molecule has 1 heterocycles. The summed E-state index contributed by atoms with van der Waals surface area (Å²) in [6.07, 6.45) is 4.94. The second kappa shape index (κ2) is 7.10. The monoisotopic (exact) mass is 256 g/mol. The molecular weight excluding hydrogens is 228 g/mol. The fourth-order valence-corrected chi connectivity index (χ4v) is 2.83. The van der Waals surface area contributed by atoms with Gasteiger partial charge in [0.2, 0.25) is 0 Å². The molecule has 18 heavy (non-hydrogen) atoms. The summed E-state index contributed by atoms with van der Waals surface area (Å²) in [6.45, 7) is 9.36. The molecule has 0 bridgehead atoms. The number of rotatable bonds is 6. The molecule has 0 aromatic carbocycles. The predicted octanol–water partition coefficient (Wildman–Crippen LogP) is 1.95. The number of nitrogens with zero attached hydrogens (tertiary/aromatic N) is 1. The van der Waals surface area contributed by atoms with E-state index in [0.717, 1.165) is 19.0 Å². The average molecular weight is 256 g/mol. The highest BCUT2D eigenvalue weighted by Gasteiger charge is 2.34. The Hall–Kier alpha value is -0.610. The van der Waals surface area contributed by atoms with E-state index in [1.165, 1.54) is 25.7 Å². The van der Waals surface area contributed by atoms with Crippen LogP contribution in [0, 0.1) is 5.92 Å². The fourth-order valence-electron chi connectivity index (χ4n) is 2.83. The van der Waals surface area contributed by atoms with Crippen molar-refractivity contribution in [2.24, 2.45) is 5.92 Å². The molecule has 2 unspecified atom stereocenters. The van der Waals surface area contributed by atoms with E-state index in [2.05, 4.69) is 17.1 Å². The van der Waals surface area contributed by atoms with Crippen LogP contribution < -0.4 is 5.32 Å². The normalized spacial score (nSPS) is 25.4. The second-order valence-electron chi connectivity index (χ2n) is 5.65. The van der Waals surface area contributed by atoms with Gasteiger partial charge in [0.1, 0.15) is 5.54 Å². The van der Waals surface area contributed by atoms with Gasteiger partial charge in [-0.3, -0.25) is 4.79 Å². The number of carboxylic acids is 1. The molecule has 4 heteroatoms. The van der Waals surface area contributed by atoms with Crippen molar-refractivity contribution in [3.8, 4) is 0 Å². The molecule has 2 N–H and O–H groups in total. The Morgan fingerprint density at radius 1 is 1.39 bits per heavy atom. The van der Waals surface area contributed by atoms with Crippen molar-refractivity contribution < 1.29 is 9.90 Å². The van der Waals surface area contributed by atoms with E-state index in [1.54, 1.807) is 6.92 Å². The molecule has 1 aliphatic rings. The zero-order chi connectivity index (χ0) is 13.6. The number of carbonyl (C=O) groups is 1. The van der Waals surface area contributed by atoms with Gasteiger partial charge < -0.3 is 15.3 Å². The van der Waals surface area contributed by atoms with Crippen LogP contribution in [0.2, 0.25) is 0 Å². The standard InChI is InChI=1S/C14H28N2O2/c1-4-12-7-6-9-16(10-8-12)11-14(3,13(17)18)15-5-2/h12,15H,4-11H2,1-3H3,(H,17,18). The Kier molecular flexibility index (Phi) is 6.09. The number of aliphatic carboxylic acids is 1. The smallest absolute Gasteiger partial charge is 0.324 e. The highest BCUT2D eigenvalue weighted by atomic mass is 16.4. The third-order valence-corrected chi connectivity index (χ3v) is 4.10. The minimum absolute atomic E-state index is 0.604. The highest BCUT2D eigenvalue weighted by molar-refractivity contribution is 5.78. The van der Waals surface area contributed by atoms with Gasteiger partial charge in [0.25, 0.3) is 0 Å². The fraction of sp³-hybridized carbons (Fsp3) is 0.929. The molecule has 1 rings (SSSR count). The molecular formula is C14H28N2O2. The molecule has 1 aliphatic heterocycles. The predicted molar refractivity (Wildman–Crippen MR) is 73.8 cm³/mol. The van der Waals surface area contributed by atoms with Gasteiger partial charge >= 0.3 is 5.97 Å². The van der Waals surface area contributed by atoms with Crippen LogP contribution >= 0.6 is 0 Å². The van der Waals surface area contributed by atoms with Crippen molar-refractivity contribution in [2.45, 2.75) is 52.0 Å². The van der Waals surface area contributed by atoms with E-state index < -0.39 is 11.5 Å². The van der Waals surface area contributed by atoms with E-state index in [9.17, 15) is 9.90 Å². The first-order valence-corrected chi connectivity index (χ1v) is 7.22. The van der Waals surface area contributed by atoms with E-state index in [1.807, 2.05) is 6.92 Å². The Morgan fingerprint density at radius 3 is 2.67 bits per heavy atom. The van der Waals surface area contributed by atoms with Crippen LogP contribution in [-0.2, 0) is 4.79 Å². The molecule has 1 fully saturated rings. The first kappa shape index (κ1) is 15.4. The summed E-state index contributed by atoms with van der Waals surface area (Å²) in [6, 6.07) is 0. The molecule has 0 aromatic heterocycles. The molecule has 0 aromatic rings. The molecule has 0 aliphatic carbocycles. The quantitative estimate of drug-likeness (QED) is 0.762. The molecule has 106 valence electrons. The van der Waals surface area contributed by atoms with Gasteiger partial charge in [0, 0.05) is 6.54 Å². The zero-order valence-corrected chi connectivity index (χ0v) is 12.0. The molecule has 0 saturated carbocycles. The van der Waals surface area contributed by atoms with Gasteiger partial charge in [-0.15, -0.1) is 0 Å².